The number of benzene rings is 3. The van der Waals surface area contributed by atoms with Gasteiger partial charge in [-0.05, 0) is 73.4 Å². The number of fused-ring (bicyclic) bond motifs is 2. The molecule has 0 aliphatic carbocycles. The Morgan fingerprint density at radius 1 is 0.935 bits per heavy atom. The number of anilines is 1. The number of ether oxygens (including phenoxy) is 2. The summed E-state index contributed by atoms with van der Waals surface area (Å²) in [6.45, 7) is 6.06. The zero-order valence-corrected chi connectivity index (χ0v) is 26.5. The van der Waals surface area contributed by atoms with E-state index in [1.807, 2.05) is 74.5 Å². The number of pyridine rings is 1. The van der Waals surface area contributed by atoms with Crippen LogP contribution in [0.25, 0.3) is 21.6 Å². The fourth-order valence-electron chi connectivity index (χ4n) is 6.04. The summed E-state index contributed by atoms with van der Waals surface area (Å²) in [7, 11) is 1.53. The molecule has 1 amide bonds. The Hall–Kier alpha value is -5.48. The van der Waals surface area contributed by atoms with Gasteiger partial charge in [-0.3, -0.25) is 18.9 Å². The third-order valence-corrected chi connectivity index (χ3v) is 9.14. The van der Waals surface area contributed by atoms with Crippen LogP contribution in [0.1, 0.15) is 39.7 Å². The molecular formula is C36H30N4O5S. The number of hydrogen-bond donors (Lipinski definition) is 1. The Balaban J connectivity index is 1.41. The fraction of sp³-hybridized carbons (Fsp3) is 0.167. The SMILES string of the molecule is COc1cc(C2C(=C(O)c3c(C)nc4ccccn34)C(=O)C(=O)N2c2nc3c(C)cc(C)cc3s2)ccc1OCc1ccccc1. The summed E-state index contributed by atoms with van der Waals surface area (Å²) in [4.78, 5) is 38.7. The largest absolute Gasteiger partial charge is 0.505 e. The topological polar surface area (TPSA) is 106 Å². The van der Waals surface area contributed by atoms with Gasteiger partial charge in [-0.2, -0.15) is 0 Å². The molecule has 3 aromatic carbocycles. The number of methoxy groups -OCH3 is 1. The van der Waals surface area contributed by atoms with Crippen LogP contribution in [0.2, 0.25) is 0 Å². The summed E-state index contributed by atoms with van der Waals surface area (Å²) >= 11 is 1.33. The minimum absolute atomic E-state index is 0.0640. The summed E-state index contributed by atoms with van der Waals surface area (Å²) in [5.74, 6) is -1.01. The first kappa shape index (κ1) is 29.2. The van der Waals surface area contributed by atoms with E-state index in [1.165, 1.54) is 23.3 Å². The second kappa shape index (κ2) is 11.5. The number of rotatable bonds is 7. The van der Waals surface area contributed by atoms with Crippen molar-refractivity contribution in [1.29, 1.82) is 0 Å². The van der Waals surface area contributed by atoms with Crippen LogP contribution in [-0.4, -0.2) is 38.3 Å². The number of thiazole rings is 1. The highest BCUT2D eigenvalue weighted by Gasteiger charge is 2.49. The van der Waals surface area contributed by atoms with Crippen molar-refractivity contribution in [2.45, 2.75) is 33.4 Å². The predicted molar refractivity (Wildman–Crippen MR) is 178 cm³/mol. The summed E-state index contributed by atoms with van der Waals surface area (Å²) in [5.41, 5.74) is 5.72. The number of amides is 1. The van der Waals surface area contributed by atoms with Gasteiger partial charge in [0.15, 0.2) is 22.4 Å². The van der Waals surface area contributed by atoms with Gasteiger partial charge in [0.2, 0.25) is 0 Å². The summed E-state index contributed by atoms with van der Waals surface area (Å²) in [6, 6.07) is 23.5. The highest BCUT2D eigenvalue weighted by Crippen LogP contribution is 2.46. The van der Waals surface area contributed by atoms with Gasteiger partial charge in [0.05, 0.1) is 34.6 Å². The molecule has 10 heteroatoms. The van der Waals surface area contributed by atoms with Crippen molar-refractivity contribution in [2.24, 2.45) is 0 Å². The maximum absolute atomic E-state index is 14.0. The number of imidazole rings is 1. The monoisotopic (exact) mass is 630 g/mol. The average Bonchev–Trinajstić information content (AvgIpc) is 3.71. The van der Waals surface area contributed by atoms with Crippen LogP contribution in [0, 0.1) is 20.8 Å². The second-order valence-electron chi connectivity index (χ2n) is 11.3. The van der Waals surface area contributed by atoms with E-state index in [1.54, 1.807) is 35.7 Å². The maximum Gasteiger partial charge on any atom is 0.301 e. The van der Waals surface area contributed by atoms with E-state index in [-0.39, 0.29) is 11.3 Å². The minimum Gasteiger partial charge on any atom is -0.505 e. The van der Waals surface area contributed by atoms with Crippen LogP contribution in [-0.2, 0) is 16.2 Å². The van der Waals surface area contributed by atoms with Crippen LogP contribution in [0.15, 0.2) is 90.6 Å². The van der Waals surface area contributed by atoms with E-state index >= 15 is 0 Å². The van der Waals surface area contributed by atoms with E-state index < -0.39 is 17.7 Å². The molecule has 230 valence electrons. The molecular weight excluding hydrogens is 600 g/mol. The molecule has 0 radical (unpaired) electrons. The number of Topliss-reactive ketones (excluding diaryl/α,β-unsaturated/α-hetero) is 1. The van der Waals surface area contributed by atoms with Gasteiger partial charge in [-0.1, -0.05) is 59.9 Å². The smallest absolute Gasteiger partial charge is 0.301 e. The van der Waals surface area contributed by atoms with Gasteiger partial charge in [0.1, 0.15) is 17.9 Å². The zero-order valence-electron chi connectivity index (χ0n) is 25.6. The van der Waals surface area contributed by atoms with Gasteiger partial charge < -0.3 is 14.6 Å². The number of carbonyl (C=O) groups is 2. The van der Waals surface area contributed by atoms with Crippen LogP contribution in [0.4, 0.5) is 5.13 Å². The third kappa shape index (κ3) is 4.87. The standard InChI is InChI=1S/C36H30N4O5S/c1-20-16-21(2)30-27(17-20)46-36(38-30)40-32(24-13-14-25(26(18-24)44-4)45-19-23-10-6-5-7-11-23)29(34(42)35(40)43)33(41)31-22(3)37-28-12-8-9-15-39(28)31/h5-18,32,41H,19H2,1-4H3. The molecule has 4 heterocycles. The second-order valence-corrected chi connectivity index (χ2v) is 12.3. The third-order valence-electron chi connectivity index (χ3n) is 8.14. The minimum atomic E-state index is -1.01. The normalized spacial score (nSPS) is 16.1. The van der Waals surface area contributed by atoms with Crippen molar-refractivity contribution in [3.8, 4) is 11.5 Å². The molecule has 0 saturated carbocycles. The number of aryl methyl sites for hydroxylation is 3. The lowest BCUT2D eigenvalue weighted by atomic mass is 9.96. The lowest BCUT2D eigenvalue weighted by molar-refractivity contribution is -0.132. The molecule has 0 spiro atoms. The average molecular weight is 631 g/mol. The Morgan fingerprint density at radius 3 is 2.50 bits per heavy atom. The highest BCUT2D eigenvalue weighted by molar-refractivity contribution is 7.22. The Kier molecular flexibility index (Phi) is 7.29. The first-order valence-corrected chi connectivity index (χ1v) is 15.5. The first-order valence-electron chi connectivity index (χ1n) is 14.7. The summed E-state index contributed by atoms with van der Waals surface area (Å²) in [6.07, 6.45) is 1.76. The summed E-state index contributed by atoms with van der Waals surface area (Å²) < 4.78 is 14.4. The highest BCUT2D eigenvalue weighted by atomic mass is 32.1. The molecule has 7 rings (SSSR count). The van der Waals surface area contributed by atoms with Gasteiger partial charge in [-0.15, -0.1) is 0 Å². The van der Waals surface area contributed by atoms with E-state index in [2.05, 4.69) is 4.98 Å². The van der Waals surface area contributed by atoms with Crippen molar-refractivity contribution < 1.29 is 24.2 Å². The maximum atomic E-state index is 14.0. The molecule has 1 fully saturated rings. The van der Waals surface area contributed by atoms with Crippen molar-refractivity contribution in [3.05, 3.63) is 124 Å². The van der Waals surface area contributed by atoms with E-state index in [0.29, 0.717) is 45.8 Å². The molecule has 3 aromatic heterocycles. The molecule has 9 nitrogen and oxygen atoms in total. The Bertz CT molecular complexity index is 2200. The number of ketones is 1. The van der Waals surface area contributed by atoms with Crippen LogP contribution < -0.4 is 14.4 Å². The van der Waals surface area contributed by atoms with E-state index in [0.717, 1.165) is 26.9 Å². The van der Waals surface area contributed by atoms with E-state index in [4.69, 9.17) is 14.5 Å². The molecule has 1 aliphatic rings. The van der Waals surface area contributed by atoms with Gasteiger partial charge >= 0.3 is 5.91 Å². The quantitative estimate of drug-likeness (QED) is 0.114. The molecule has 1 unspecified atom stereocenters. The summed E-state index contributed by atoms with van der Waals surface area (Å²) in [5, 5.41) is 12.3. The van der Waals surface area contributed by atoms with Crippen molar-refractivity contribution in [3.63, 3.8) is 0 Å². The van der Waals surface area contributed by atoms with E-state index in [9.17, 15) is 14.7 Å². The van der Waals surface area contributed by atoms with Crippen LogP contribution in [0.3, 0.4) is 0 Å². The van der Waals surface area contributed by atoms with Crippen molar-refractivity contribution in [1.82, 2.24) is 14.4 Å². The predicted octanol–water partition coefficient (Wildman–Crippen LogP) is 7.08. The van der Waals surface area contributed by atoms with Crippen molar-refractivity contribution >= 4 is 49.8 Å². The number of hydrogen-bond acceptors (Lipinski definition) is 8. The first-order chi connectivity index (χ1) is 22.2. The molecule has 6 aromatic rings. The number of aliphatic hydroxyl groups excluding tert-OH is 1. The van der Waals surface area contributed by atoms with Gasteiger partial charge in [-0.25, -0.2) is 9.97 Å². The number of aliphatic hydroxyl groups is 1. The Labute approximate surface area is 269 Å². The molecule has 1 aliphatic heterocycles. The Morgan fingerprint density at radius 2 is 1.72 bits per heavy atom. The fourth-order valence-corrected chi connectivity index (χ4v) is 7.21. The van der Waals surface area contributed by atoms with Crippen LogP contribution >= 0.6 is 11.3 Å². The molecule has 46 heavy (non-hydrogen) atoms. The number of aromatic nitrogens is 3. The molecule has 1 saturated heterocycles. The lowest BCUT2D eigenvalue weighted by Crippen LogP contribution is -2.29. The van der Waals surface area contributed by atoms with Gasteiger partial charge in [0.25, 0.3) is 5.78 Å². The molecule has 1 atom stereocenters. The number of carbonyl (C=O) groups excluding carboxylic acids is 2. The zero-order chi connectivity index (χ0) is 32.1. The van der Waals surface area contributed by atoms with Gasteiger partial charge in [0, 0.05) is 6.20 Å². The van der Waals surface area contributed by atoms with Crippen molar-refractivity contribution in [2.75, 3.05) is 12.0 Å². The molecule has 0 bridgehead atoms. The van der Waals surface area contributed by atoms with Crippen LogP contribution in [0.5, 0.6) is 11.5 Å². The lowest BCUT2D eigenvalue weighted by Gasteiger charge is -2.24. The molecule has 1 N–H and O–H groups in total. The number of nitrogens with zero attached hydrogens (tertiary/aromatic N) is 4.